The van der Waals surface area contributed by atoms with E-state index in [0.717, 1.165) is 0 Å². The number of nitrogens with two attached hydrogens (primary N) is 1. The highest BCUT2D eigenvalue weighted by atomic mass is 16.5. The van der Waals surface area contributed by atoms with E-state index in [9.17, 15) is 9.59 Å². The van der Waals surface area contributed by atoms with Gasteiger partial charge in [0, 0.05) is 38.9 Å². The summed E-state index contributed by atoms with van der Waals surface area (Å²) >= 11 is 0. The Kier molecular flexibility index (Phi) is 4.96. The average molecular weight is 333 g/mol. The van der Waals surface area contributed by atoms with Gasteiger partial charge in [-0.3, -0.25) is 9.59 Å². The number of pyridine rings is 1. The van der Waals surface area contributed by atoms with Crippen LogP contribution in [0.25, 0.3) is 0 Å². The number of morpholine rings is 1. The number of carbonyl (C=O) groups excluding carboxylic acids is 2. The molecule has 2 amide bonds. The SMILES string of the molecule is CNC(=O)[C@@H]1C[C@@H](N)CN1C(=O)c1cccnc1N1CCOCC1. The Morgan fingerprint density at radius 3 is 2.83 bits per heavy atom. The third-order valence-electron chi connectivity index (χ3n) is 4.47. The van der Waals surface area contributed by atoms with Crippen LogP contribution in [0.4, 0.5) is 5.82 Å². The van der Waals surface area contributed by atoms with E-state index < -0.39 is 6.04 Å². The maximum absolute atomic E-state index is 13.1. The average Bonchev–Trinajstić information content (AvgIpc) is 3.03. The Bertz CT molecular complexity index is 617. The minimum atomic E-state index is -0.532. The van der Waals surface area contributed by atoms with Crippen molar-refractivity contribution >= 4 is 17.6 Å². The van der Waals surface area contributed by atoms with E-state index in [1.54, 1.807) is 30.3 Å². The Hall–Kier alpha value is -2.19. The minimum Gasteiger partial charge on any atom is -0.378 e. The lowest BCUT2D eigenvalue weighted by molar-refractivity contribution is -0.124. The number of nitrogens with zero attached hydrogens (tertiary/aromatic N) is 3. The molecule has 3 N–H and O–H groups in total. The molecule has 0 aromatic carbocycles. The molecule has 0 saturated carbocycles. The van der Waals surface area contributed by atoms with Gasteiger partial charge >= 0.3 is 0 Å². The zero-order chi connectivity index (χ0) is 17.1. The number of likely N-dealkylation sites (tertiary alicyclic amines) is 1. The number of hydrogen-bond acceptors (Lipinski definition) is 6. The number of hydrogen-bond donors (Lipinski definition) is 2. The van der Waals surface area contributed by atoms with Crippen molar-refractivity contribution < 1.29 is 14.3 Å². The molecular weight excluding hydrogens is 310 g/mol. The van der Waals surface area contributed by atoms with Crippen LogP contribution in [-0.2, 0) is 9.53 Å². The molecule has 130 valence electrons. The first-order valence-electron chi connectivity index (χ1n) is 8.17. The topological polar surface area (TPSA) is 101 Å². The smallest absolute Gasteiger partial charge is 0.258 e. The van der Waals surface area contributed by atoms with Crippen LogP contribution in [0.2, 0.25) is 0 Å². The molecule has 3 heterocycles. The van der Waals surface area contributed by atoms with E-state index in [0.29, 0.717) is 50.7 Å². The van der Waals surface area contributed by atoms with Crippen molar-refractivity contribution in [3.05, 3.63) is 23.9 Å². The molecule has 0 aliphatic carbocycles. The van der Waals surface area contributed by atoms with Crippen LogP contribution in [-0.4, -0.2) is 73.7 Å². The van der Waals surface area contributed by atoms with Gasteiger partial charge in [0.2, 0.25) is 5.91 Å². The molecule has 2 atom stereocenters. The Morgan fingerprint density at radius 2 is 2.12 bits per heavy atom. The third-order valence-corrected chi connectivity index (χ3v) is 4.47. The number of ether oxygens (including phenoxy) is 1. The monoisotopic (exact) mass is 333 g/mol. The normalized spacial score (nSPS) is 24.1. The standard InChI is InChI=1S/C16H23N5O3/c1-18-15(22)13-9-11(17)10-21(13)16(23)12-3-2-4-19-14(12)20-5-7-24-8-6-20/h2-4,11,13H,5-10,17H2,1H3,(H,18,22)/t11-,13+/m1/s1. The van der Waals surface area contributed by atoms with Crippen molar-refractivity contribution in [3.63, 3.8) is 0 Å². The van der Waals surface area contributed by atoms with Crippen LogP contribution in [0.3, 0.4) is 0 Å². The van der Waals surface area contributed by atoms with E-state index in [1.807, 2.05) is 4.90 Å². The van der Waals surface area contributed by atoms with Crippen LogP contribution in [0.1, 0.15) is 16.8 Å². The predicted octanol–water partition coefficient (Wildman–Crippen LogP) is -0.794. The first-order valence-corrected chi connectivity index (χ1v) is 8.17. The van der Waals surface area contributed by atoms with E-state index in [2.05, 4.69) is 10.3 Å². The number of aromatic nitrogens is 1. The number of amides is 2. The van der Waals surface area contributed by atoms with Crippen LogP contribution in [0.5, 0.6) is 0 Å². The molecule has 0 radical (unpaired) electrons. The van der Waals surface area contributed by atoms with Gasteiger partial charge in [-0.15, -0.1) is 0 Å². The summed E-state index contributed by atoms with van der Waals surface area (Å²) in [5.74, 6) is 0.251. The van der Waals surface area contributed by atoms with Crippen molar-refractivity contribution in [3.8, 4) is 0 Å². The fourth-order valence-corrected chi connectivity index (χ4v) is 3.25. The molecule has 3 rings (SSSR count). The second kappa shape index (κ2) is 7.14. The number of rotatable bonds is 3. The van der Waals surface area contributed by atoms with Gasteiger partial charge in [0.05, 0.1) is 18.8 Å². The second-order valence-corrected chi connectivity index (χ2v) is 6.06. The zero-order valence-corrected chi connectivity index (χ0v) is 13.8. The molecule has 2 aliphatic heterocycles. The van der Waals surface area contributed by atoms with Gasteiger partial charge in [-0.2, -0.15) is 0 Å². The summed E-state index contributed by atoms with van der Waals surface area (Å²) in [5, 5.41) is 2.61. The van der Waals surface area contributed by atoms with Gasteiger partial charge in [-0.05, 0) is 18.6 Å². The summed E-state index contributed by atoms with van der Waals surface area (Å²) in [4.78, 5) is 33.2. The molecule has 24 heavy (non-hydrogen) atoms. The van der Waals surface area contributed by atoms with Crippen molar-refractivity contribution in [1.82, 2.24) is 15.2 Å². The summed E-state index contributed by atoms with van der Waals surface area (Å²) in [6.07, 6.45) is 2.14. The number of likely N-dealkylation sites (N-methyl/N-ethyl adjacent to an activating group) is 1. The molecule has 2 aliphatic rings. The largest absolute Gasteiger partial charge is 0.378 e. The van der Waals surface area contributed by atoms with Gasteiger partial charge in [0.15, 0.2) is 0 Å². The number of nitrogens with one attached hydrogen (secondary N) is 1. The lowest BCUT2D eigenvalue weighted by atomic mass is 10.1. The predicted molar refractivity (Wildman–Crippen MR) is 88.8 cm³/mol. The molecule has 8 nitrogen and oxygen atoms in total. The first-order chi connectivity index (χ1) is 11.6. The maximum Gasteiger partial charge on any atom is 0.258 e. The maximum atomic E-state index is 13.1. The van der Waals surface area contributed by atoms with Gasteiger partial charge in [-0.25, -0.2) is 4.98 Å². The Balaban J connectivity index is 1.88. The molecule has 1 aromatic heterocycles. The number of carbonyl (C=O) groups is 2. The fourth-order valence-electron chi connectivity index (χ4n) is 3.25. The quantitative estimate of drug-likeness (QED) is 0.751. The summed E-state index contributed by atoms with van der Waals surface area (Å²) in [6.45, 7) is 2.97. The summed E-state index contributed by atoms with van der Waals surface area (Å²) in [7, 11) is 1.57. The lowest BCUT2D eigenvalue weighted by Crippen LogP contribution is -2.46. The molecule has 0 unspecified atom stereocenters. The summed E-state index contributed by atoms with van der Waals surface area (Å²) in [6, 6.07) is 2.77. The second-order valence-electron chi connectivity index (χ2n) is 6.06. The highest BCUT2D eigenvalue weighted by molar-refractivity contribution is 6.01. The first kappa shape index (κ1) is 16.7. The van der Waals surface area contributed by atoms with Crippen LogP contribution >= 0.6 is 0 Å². The zero-order valence-electron chi connectivity index (χ0n) is 13.8. The van der Waals surface area contributed by atoms with Crippen molar-refractivity contribution in [1.29, 1.82) is 0 Å². The lowest BCUT2D eigenvalue weighted by Gasteiger charge is -2.30. The fraction of sp³-hybridized carbons (Fsp3) is 0.562. The molecular formula is C16H23N5O3. The Labute approximate surface area is 140 Å². The van der Waals surface area contributed by atoms with Crippen molar-refractivity contribution in [2.75, 3.05) is 44.8 Å². The van der Waals surface area contributed by atoms with Crippen LogP contribution in [0, 0.1) is 0 Å². The third kappa shape index (κ3) is 3.20. The summed E-state index contributed by atoms with van der Waals surface area (Å²) < 4.78 is 5.36. The highest BCUT2D eigenvalue weighted by Crippen LogP contribution is 2.25. The van der Waals surface area contributed by atoms with E-state index in [-0.39, 0.29) is 17.9 Å². The van der Waals surface area contributed by atoms with Crippen molar-refractivity contribution in [2.24, 2.45) is 5.73 Å². The number of anilines is 1. The van der Waals surface area contributed by atoms with Crippen LogP contribution < -0.4 is 16.0 Å². The van der Waals surface area contributed by atoms with Crippen LogP contribution in [0.15, 0.2) is 18.3 Å². The van der Waals surface area contributed by atoms with Gasteiger partial charge in [-0.1, -0.05) is 0 Å². The van der Waals surface area contributed by atoms with E-state index in [4.69, 9.17) is 10.5 Å². The molecule has 1 aromatic rings. The minimum absolute atomic E-state index is 0.187. The molecule has 8 heteroatoms. The Morgan fingerprint density at radius 1 is 1.38 bits per heavy atom. The molecule has 0 spiro atoms. The summed E-state index contributed by atoms with van der Waals surface area (Å²) in [5.41, 5.74) is 6.49. The van der Waals surface area contributed by atoms with Gasteiger partial charge in [0.25, 0.3) is 5.91 Å². The van der Waals surface area contributed by atoms with E-state index in [1.165, 1.54) is 0 Å². The molecule has 2 saturated heterocycles. The van der Waals surface area contributed by atoms with Gasteiger partial charge in [0.1, 0.15) is 11.9 Å². The van der Waals surface area contributed by atoms with Crippen molar-refractivity contribution in [2.45, 2.75) is 18.5 Å². The molecule has 0 bridgehead atoms. The molecule has 2 fully saturated rings. The van der Waals surface area contributed by atoms with Gasteiger partial charge < -0.3 is 25.6 Å². The van der Waals surface area contributed by atoms with E-state index >= 15 is 0 Å². The highest BCUT2D eigenvalue weighted by Gasteiger charge is 2.39.